The van der Waals surface area contributed by atoms with Crippen molar-refractivity contribution in [3.05, 3.63) is 88.5 Å². The Balaban J connectivity index is 1.79. The normalized spacial score (nSPS) is 15.1. The second kappa shape index (κ2) is 13.4. The lowest BCUT2D eigenvalue weighted by atomic mass is 10.1. The van der Waals surface area contributed by atoms with Crippen molar-refractivity contribution in [3.8, 4) is 12.1 Å². The van der Waals surface area contributed by atoms with Crippen molar-refractivity contribution in [3.63, 3.8) is 0 Å². The summed E-state index contributed by atoms with van der Waals surface area (Å²) in [5.74, 6) is 0.00705. The van der Waals surface area contributed by atoms with Gasteiger partial charge in [-0.25, -0.2) is 13.0 Å². The van der Waals surface area contributed by atoms with Crippen molar-refractivity contribution in [1.82, 2.24) is 4.57 Å². The van der Waals surface area contributed by atoms with E-state index in [9.17, 15) is 39.3 Å². The quantitative estimate of drug-likeness (QED) is 0.0669. The van der Waals surface area contributed by atoms with Gasteiger partial charge in [-0.05, 0) is 50.6 Å². The highest BCUT2D eigenvalue weighted by Crippen LogP contribution is 2.47. The van der Waals surface area contributed by atoms with Crippen molar-refractivity contribution in [2.24, 2.45) is 5.73 Å². The summed E-state index contributed by atoms with van der Waals surface area (Å²) in [7, 11) is -4.57. The SMILES string of the molecule is C=C[n+]1c(/C=C/C(C)=C\C=C2\N(C#CN)c3cc(C(F)(F)F)c(Cl)cc3N2CC)n(CCCS(=O)(=O)[O-])c2cc(C(F)(F)F)ccc21. The van der Waals surface area contributed by atoms with Crippen molar-refractivity contribution in [2.75, 3.05) is 22.1 Å². The molecule has 4 rings (SSSR count). The lowest BCUT2D eigenvalue weighted by Gasteiger charge is -2.20. The van der Waals surface area contributed by atoms with Crippen LogP contribution in [0.4, 0.5) is 37.7 Å². The minimum Gasteiger partial charge on any atom is -0.748 e. The third-order valence-electron chi connectivity index (χ3n) is 7.23. The largest absolute Gasteiger partial charge is 0.748 e. The number of alkyl halides is 6. The van der Waals surface area contributed by atoms with E-state index in [4.69, 9.17) is 17.3 Å². The molecule has 0 radical (unpaired) electrons. The summed E-state index contributed by atoms with van der Waals surface area (Å²) in [5.41, 5.74) is 5.12. The van der Waals surface area contributed by atoms with Crippen LogP contribution in [-0.2, 0) is 29.0 Å². The van der Waals surface area contributed by atoms with E-state index >= 15 is 0 Å². The van der Waals surface area contributed by atoms with Crippen molar-refractivity contribution < 1.29 is 43.9 Å². The Morgan fingerprint density at radius 2 is 1.83 bits per heavy atom. The van der Waals surface area contributed by atoms with E-state index in [0.29, 0.717) is 35.0 Å². The van der Waals surface area contributed by atoms with Crippen LogP contribution in [0.5, 0.6) is 0 Å². The summed E-state index contributed by atoms with van der Waals surface area (Å²) in [5, 5.41) is -0.479. The van der Waals surface area contributed by atoms with Crippen LogP contribution >= 0.6 is 11.6 Å². The Kier molecular flexibility index (Phi) is 10.1. The number of anilines is 2. The molecular formula is C31H28ClF6N5O3S. The Labute approximate surface area is 272 Å². The molecule has 1 aliphatic heterocycles. The molecule has 1 aliphatic rings. The van der Waals surface area contributed by atoms with Gasteiger partial charge in [0, 0.05) is 36.5 Å². The van der Waals surface area contributed by atoms with Crippen molar-refractivity contribution >= 4 is 56.4 Å². The van der Waals surface area contributed by atoms with Gasteiger partial charge in [-0.15, -0.1) is 0 Å². The molecule has 3 aromatic rings. The summed E-state index contributed by atoms with van der Waals surface area (Å²) in [6.45, 7) is 7.50. The number of allylic oxidation sites excluding steroid dienone is 4. The first-order valence-corrected chi connectivity index (χ1v) is 15.8. The zero-order valence-electron chi connectivity index (χ0n) is 25.0. The Morgan fingerprint density at radius 3 is 2.40 bits per heavy atom. The van der Waals surface area contributed by atoms with E-state index in [1.807, 2.05) is 0 Å². The molecule has 0 fully saturated rings. The molecule has 0 bridgehead atoms. The summed E-state index contributed by atoms with van der Waals surface area (Å²) < 4.78 is 118. The number of aromatic nitrogens is 2. The number of benzene rings is 2. The maximum Gasteiger partial charge on any atom is 0.417 e. The van der Waals surface area contributed by atoms with Gasteiger partial charge < -0.3 is 15.2 Å². The fourth-order valence-electron chi connectivity index (χ4n) is 5.17. The number of nitrogens with two attached hydrogens (primary N) is 1. The lowest BCUT2D eigenvalue weighted by molar-refractivity contribution is -0.542. The Morgan fingerprint density at radius 1 is 1.13 bits per heavy atom. The highest BCUT2D eigenvalue weighted by Gasteiger charge is 2.38. The fourth-order valence-corrected chi connectivity index (χ4v) is 5.92. The van der Waals surface area contributed by atoms with Gasteiger partial charge in [0.2, 0.25) is 0 Å². The molecule has 8 nitrogen and oxygen atoms in total. The van der Waals surface area contributed by atoms with E-state index in [0.717, 1.165) is 18.2 Å². The molecule has 0 spiro atoms. The number of aryl methyl sites for hydroxylation is 1. The summed E-state index contributed by atoms with van der Waals surface area (Å²) in [4.78, 5) is 3.01. The van der Waals surface area contributed by atoms with Crippen LogP contribution < -0.4 is 20.1 Å². The second-order valence-electron chi connectivity index (χ2n) is 10.3. The van der Waals surface area contributed by atoms with Gasteiger partial charge in [0.05, 0.1) is 50.4 Å². The first kappa shape index (κ1) is 35.5. The van der Waals surface area contributed by atoms with Crippen molar-refractivity contribution in [1.29, 1.82) is 0 Å². The number of hydrogen-bond donors (Lipinski definition) is 1. The van der Waals surface area contributed by atoms with E-state index in [-0.39, 0.29) is 24.2 Å². The molecular weight excluding hydrogens is 672 g/mol. The molecule has 0 saturated heterocycles. The van der Waals surface area contributed by atoms with Gasteiger partial charge in [-0.1, -0.05) is 35.9 Å². The first-order chi connectivity index (χ1) is 21.9. The van der Waals surface area contributed by atoms with Gasteiger partial charge in [0.25, 0.3) is 5.82 Å². The minimum atomic E-state index is -4.71. The van der Waals surface area contributed by atoms with Crippen LogP contribution in [-0.4, -0.2) is 29.8 Å². The maximum absolute atomic E-state index is 13.6. The number of hydrogen-bond acceptors (Lipinski definition) is 6. The fraction of sp³-hybridized carbons (Fsp3) is 0.258. The number of fused-ring (bicyclic) bond motifs is 2. The van der Waals surface area contributed by atoms with E-state index in [2.05, 4.69) is 18.7 Å². The molecule has 2 heterocycles. The third-order valence-corrected chi connectivity index (χ3v) is 8.33. The number of nitrogens with zero attached hydrogens (tertiary/aromatic N) is 4. The molecule has 0 amide bonds. The molecule has 0 saturated carbocycles. The van der Waals surface area contributed by atoms with Crippen LogP contribution in [0.3, 0.4) is 0 Å². The van der Waals surface area contributed by atoms with Gasteiger partial charge in [0.1, 0.15) is 5.82 Å². The van der Waals surface area contributed by atoms with Gasteiger partial charge in [-0.2, -0.15) is 30.9 Å². The van der Waals surface area contributed by atoms with Crippen LogP contribution in [0.1, 0.15) is 37.2 Å². The molecule has 0 unspecified atom stereocenters. The van der Waals surface area contributed by atoms with Crippen LogP contribution in [0.15, 0.2) is 66.5 Å². The molecule has 47 heavy (non-hydrogen) atoms. The number of rotatable bonds is 9. The smallest absolute Gasteiger partial charge is 0.417 e. The predicted octanol–water partition coefficient (Wildman–Crippen LogP) is 6.68. The predicted molar refractivity (Wildman–Crippen MR) is 167 cm³/mol. The minimum absolute atomic E-state index is 0.0917. The third kappa shape index (κ3) is 7.61. The number of imidazole rings is 1. The van der Waals surface area contributed by atoms with Crippen LogP contribution in [0, 0.1) is 12.1 Å². The van der Waals surface area contributed by atoms with Gasteiger partial charge in [-0.3, -0.25) is 4.90 Å². The highest BCUT2D eigenvalue weighted by molar-refractivity contribution is 7.85. The van der Waals surface area contributed by atoms with E-state index in [1.165, 1.54) is 32.4 Å². The van der Waals surface area contributed by atoms with Crippen molar-refractivity contribution in [2.45, 2.75) is 39.2 Å². The number of halogens is 7. The maximum atomic E-state index is 13.6. The molecule has 16 heteroatoms. The summed E-state index contributed by atoms with van der Waals surface area (Å²) in [6, 6.07) is 10.1. The van der Waals surface area contributed by atoms with E-state index < -0.39 is 44.4 Å². The molecule has 1 aromatic heterocycles. The zero-order chi connectivity index (χ0) is 34.9. The monoisotopic (exact) mass is 699 g/mol. The molecule has 2 N–H and O–H groups in total. The second-order valence-corrected chi connectivity index (χ2v) is 12.2. The molecule has 2 aromatic carbocycles. The van der Waals surface area contributed by atoms with Crippen LogP contribution in [0.25, 0.3) is 23.3 Å². The van der Waals surface area contributed by atoms with Crippen LogP contribution in [0.2, 0.25) is 5.02 Å². The Hall–Kier alpha value is -4.39. The summed E-state index contributed by atoms with van der Waals surface area (Å²) >= 11 is 5.99. The Bertz CT molecular complexity index is 1990. The topological polar surface area (TPSA) is 98.5 Å². The molecule has 0 aliphatic carbocycles. The summed E-state index contributed by atoms with van der Waals surface area (Å²) in [6.07, 6.45) is -1.65. The molecule has 250 valence electrons. The average Bonchev–Trinajstić information content (AvgIpc) is 3.42. The van der Waals surface area contributed by atoms with Gasteiger partial charge >= 0.3 is 12.4 Å². The highest BCUT2D eigenvalue weighted by atomic mass is 35.5. The zero-order valence-corrected chi connectivity index (χ0v) is 26.5. The standard InChI is InChI=1S/C31H28ClF6N5O3S/c1-4-40-24-10-9-21(30(33,34)35)17-25(24)42(14-6-16-47(44,45)46)28(40)11-7-20(3)8-12-29-41(5-2)27-19-23(32)22(31(36,37)38)18-26(27)43(29)15-13-39/h4,7-12,17-19H,1,5-6,14,16,39H2,2-3H3. The molecule has 0 atom stereocenters. The van der Waals surface area contributed by atoms with Gasteiger partial charge in [0.15, 0.2) is 11.0 Å². The average molecular weight is 700 g/mol. The van der Waals surface area contributed by atoms with E-state index in [1.54, 1.807) is 43.1 Å². The lowest BCUT2D eigenvalue weighted by Crippen LogP contribution is -2.29. The first-order valence-electron chi connectivity index (χ1n) is 13.9.